The smallest absolute Gasteiger partial charge is 0.320 e. The maximum atomic E-state index is 11.2. The molecule has 0 aromatic rings. The Morgan fingerprint density at radius 2 is 1.82 bits per heavy atom. The molecule has 0 aliphatic heterocycles. The number of likely N-dealkylation sites (N-methyl/N-ethyl adjacent to an activating group) is 1. The Morgan fingerprint density at radius 1 is 1.29 bits per heavy atom. The average Bonchev–Trinajstić information content (AvgIpc) is 2.24. The first-order valence-electron chi connectivity index (χ1n) is 6.82. The Bertz CT molecular complexity index is 249. The van der Waals surface area contributed by atoms with E-state index in [0.29, 0.717) is 11.3 Å². The van der Waals surface area contributed by atoms with Gasteiger partial charge >= 0.3 is 5.97 Å². The van der Waals surface area contributed by atoms with Crippen LogP contribution in [0, 0.1) is 17.3 Å². The second-order valence-electron chi connectivity index (χ2n) is 6.35. The van der Waals surface area contributed by atoms with Crippen LogP contribution in [0.5, 0.6) is 0 Å². The van der Waals surface area contributed by atoms with E-state index in [-0.39, 0.29) is 6.04 Å². The zero-order valence-electron chi connectivity index (χ0n) is 11.6. The molecule has 1 atom stereocenters. The second kappa shape index (κ2) is 5.85. The molecule has 3 heteroatoms. The zero-order chi connectivity index (χ0) is 13.1. The van der Waals surface area contributed by atoms with Gasteiger partial charge in [0.2, 0.25) is 0 Å². The number of aliphatic carboxylic acids is 1. The van der Waals surface area contributed by atoms with E-state index in [1.165, 1.54) is 12.8 Å². The minimum absolute atomic E-state index is 0.311. The second-order valence-corrected chi connectivity index (χ2v) is 6.35. The van der Waals surface area contributed by atoms with Crippen LogP contribution >= 0.6 is 0 Å². The van der Waals surface area contributed by atoms with Crippen molar-refractivity contribution < 1.29 is 9.90 Å². The fourth-order valence-corrected chi connectivity index (χ4v) is 2.99. The minimum atomic E-state index is -0.689. The summed E-state index contributed by atoms with van der Waals surface area (Å²) in [5.41, 5.74) is 0.363. The van der Waals surface area contributed by atoms with E-state index in [1.807, 2.05) is 6.92 Å². The van der Waals surface area contributed by atoms with Crippen LogP contribution < -0.4 is 5.32 Å². The van der Waals surface area contributed by atoms with Crippen molar-refractivity contribution in [2.45, 2.75) is 59.4 Å². The van der Waals surface area contributed by atoms with Gasteiger partial charge in [0.1, 0.15) is 6.04 Å². The molecule has 1 saturated carbocycles. The number of carboxylic acid groups (broad SMARTS) is 1. The van der Waals surface area contributed by atoms with Crippen molar-refractivity contribution in [1.29, 1.82) is 0 Å². The van der Waals surface area contributed by atoms with Crippen molar-refractivity contribution in [3.8, 4) is 0 Å². The average molecular weight is 241 g/mol. The van der Waals surface area contributed by atoms with E-state index < -0.39 is 5.97 Å². The lowest BCUT2D eigenvalue weighted by molar-refractivity contribution is -0.141. The molecule has 100 valence electrons. The zero-order valence-corrected chi connectivity index (χ0v) is 11.6. The molecule has 0 amide bonds. The van der Waals surface area contributed by atoms with Crippen molar-refractivity contribution in [2.75, 3.05) is 6.54 Å². The molecule has 1 aliphatic rings. The van der Waals surface area contributed by atoms with Crippen LogP contribution in [0.2, 0.25) is 0 Å². The number of hydrogen-bond donors (Lipinski definition) is 2. The van der Waals surface area contributed by atoms with Crippen LogP contribution in [0.1, 0.15) is 53.4 Å². The van der Waals surface area contributed by atoms with Gasteiger partial charge in [-0.25, -0.2) is 0 Å². The van der Waals surface area contributed by atoms with E-state index in [9.17, 15) is 9.90 Å². The molecular weight excluding hydrogens is 214 g/mol. The van der Waals surface area contributed by atoms with Crippen LogP contribution in [0.25, 0.3) is 0 Å². The third kappa shape index (κ3) is 3.98. The first kappa shape index (κ1) is 14.5. The Morgan fingerprint density at radius 3 is 2.18 bits per heavy atom. The van der Waals surface area contributed by atoms with Crippen molar-refractivity contribution in [3.05, 3.63) is 0 Å². The van der Waals surface area contributed by atoms with Crippen molar-refractivity contribution in [3.63, 3.8) is 0 Å². The van der Waals surface area contributed by atoms with Crippen LogP contribution in [-0.4, -0.2) is 23.7 Å². The summed E-state index contributed by atoms with van der Waals surface area (Å²) in [5, 5.41) is 12.3. The summed E-state index contributed by atoms with van der Waals surface area (Å²) in [7, 11) is 0. The van der Waals surface area contributed by atoms with Crippen molar-refractivity contribution in [1.82, 2.24) is 5.32 Å². The minimum Gasteiger partial charge on any atom is -0.480 e. The van der Waals surface area contributed by atoms with E-state index in [0.717, 1.165) is 25.3 Å². The summed E-state index contributed by atoms with van der Waals surface area (Å²) in [6.45, 7) is 9.57. The molecular formula is C14H27NO2. The van der Waals surface area contributed by atoms with Crippen LogP contribution in [0.4, 0.5) is 0 Å². The molecule has 0 aromatic heterocycles. The first-order valence-corrected chi connectivity index (χ1v) is 6.82. The molecule has 1 unspecified atom stereocenters. The summed E-state index contributed by atoms with van der Waals surface area (Å²) in [4.78, 5) is 11.2. The summed E-state index contributed by atoms with van der Waals surface area (Å²) >= 11 is 0. The van der Waals surface area contributed by atoms with Gasteiger partial charge in [-0.1, -0.05) is 27.7 Å². The predicted octanol–water partition coefficient (Wildman–Crippen LogP) is 2.90. The fourth-order valence-electron chi connectivity index (χ4n) is 2.99. The Hall–Kier alpha value is -0.570. The molecule has 1 aliphatic carbocycles. The molecule has 17 heavy (non-hydrogen) atoms. The highest BCUT2D eigenvalue weighted by Gasteiger charge is 2.34. The van der Waals surface area contributed by atoms with Gasteiger partial charge < -0.3 is 10.4 Å². The van der Waals surface area contributed by atoms with E-state index >= 15 is 0 Å². The van der Waals surface area contributed by atoms with Crippen LogP contribution in [-0.2, 0) is 4.79 Å². The van der Waals surface area contributed by atoms with E-state index in [2.05, 4.69) is 26.1 Å². The Kier molecular flexibility index (Phi) is 4.99. The van der Waals surface area contributed by atoms with Gasteiger partial charge in [0.25, 0.3) is 0 Å². The monoisotopic (exact) mass is 241 g/mol. The first-order chi connectivity index (χ1) is 7.86. The topological polar surface area (TPSA) is 49.3 Å². The van der Waals surface area contributed by atoms with Gasteiger partial charge in [-0.2, -0.15) is 0 Å². The van der Waals surface area contributed by atoms with Crippen molar-refractivity contribution >= 4 is 5.97 Å². The molecule has 0 spiro atoms. The lowest BCUT2D eigenvalue weighted by Gasteiger charge is -2.38. The Balaban J connectivity index is 2.52. The quantitative estimate of drug-likeness (QED) is 0.795. The molecule has 0 aromatic carbocycles. The molecule has 0 bridgehead atoms. The van der Waals surface area contributed by atoms with E-state index in [4.69, 9.17) is 0 Å². The maximum Gasteiger partial charge on any atom is 0.320 e. The molecule has 1 fully saturated rings. The summed E-state index contributed by atoms with van der Waals surface area (Å²) in [5.74, 6) is 0.368. The van der Waals surface area contributed by atoms with Gasteiger partial charge in [0.15, 0.2) is 0 Å². The molecule has 0 radical (unpaired) electrons. The van der Waals surface area contributed by atoms with Gasteiger partial charge in [0.05, 0.1) is 0 Å². The number of carboxylic acids is 1. The highest BCUT2D eigenvalue weighted by molar-refractivity contribution is 5.73. The molecule has 3 nitrogen and oxygen atoms in total. The third-order valence-electron chi connectivity index (χ3n) is 4.16. The maximum absolute atomic E-state index is 11.2. The number of carbonyl (C=O) groups is 1. The highest BCUT2D eigenvalue weighted by atomic mass is 16.4. The lowest BCUT2D eigenvalue weighted by Crippen LogP contribution is -2.44. The number of rotatable bonds is 4. The Labute approximate surface area is 105 Å². The molecule has 1 rings (SSSR count). The van der Waals surface area contributed by atoms with E-state index in [1.54, 1.807) is 0 Å². The molecule has 0 heterocycles. The van der Waals surface area contributed by atoms with Gasteiger partial charge in [-0.05, 0) is 49.5 Å². The van der Waals surface area contributed by atoms with Crippen LogP contribution in [0.3, 0.4) is 0 Å². The highest BCUT2D eigenvalue weighted by Crippen LogP contribution is 2.40. The van der Waals surface area contributed by atoms with Crippen LogP contribution in [0.15, 0.2) is 0 Å². The summed E-state index contributed by atoms with van der Waals surface area (Å²) in [6.07, 6.45) is 4.44. The molecule has 0 saturated heterocycles. The third-order valence-corrected chi connectivity index (χ3v) is 4.16. The molecule has 2 N–H and O–H groups in total. The standard InChI is InChI=1S/C14H27NO2/c1-5-15-12(13(16)17)10-6-8-11(9-7-10)14(2,3)4/h10-12,15H,5-9H2,1-4H3,(H,16,17). The van der Waals surface area contributed by atoms with Crippen molar-refractivity contribution in [2.24, 2.45) is 17.3 Å². The lowest BCUT2D eigenvalue weighted by atomic mass is 9.68. The SMILES string of the molecule is CCNC(C(=O)O)C1CCC(C(C)(C)C)CC1. The van der Waals surface area contributed by atoms with Gasteiger partial charge in [0, 0.05) is 0 Å². The largest absolute Gasteiger partial charge is 0.480 e. The van der Waals surface area contributed by atoms with Gasteiger partial charge in [-0.15, -0.1) is 0 Å². The number of hydrogen-bond acceptors (Lipinski definition) is 2. The summed E-state index contributed by atoms with van der Waals surface area (Å²) < 4.78 is 0. The number of nitrogens with one attached hydrogen (secondary N) is 1. The predicted molar refractivity (Wildman–Crippen MR) is 70.0 cm³/mol. The fraction of sp³-hybridized carbons (Fsp3) is 0.929. The summed E-state index contributed by atoms with van der Waals surface area (Å²) in [6, 6.07) is -0.346. The van der Waals surface area contributed by atoms with Gasteiger partial charge in [-0.3, -0.25) is 4.79 Å². The normalized spacial score (nSPS) is 27.8.